The monoisotopic (exact) mass is 261 g/mol. The molecule has 0 aromatic carbocycles. The summed E-state index contributed by atoms with van der Waals surface area (Å²) in [5.41, 5.74) is 0.580. The second-order valence-electron chi connectivity index (χ2n) is 4.51. The number of nitrogens with zero attached hydrogens (tertiary/aromatic N) is 6. The molecular formula is C11H15N7O. The minimum atomic E-state index is 0.196. The van der Waals surface area contributed by atoms with Crippen LogP contribution in [0.3, 0.4) is 0 Å². The number of amides is 1. The SMILES string of the molecule is O=C(CCNc1cncc2nnnn12)N1CCCC1. The third-order valence-electron chi connectivity index (χ3n) is 3.21. The first-order valence-corrected chi connectivity index (χ1v) is 6.38. The summed E-state index contributed by atoms with van der Waals surface area (Å²) < 4.78 is 1.56. The van der Waals surface area contributed by atoms with Crippen LogP contribution in [0.1, 0.15) is 19.3 Å². The van der Waals surface area contributed by atoms with E-state index >= 15 is 0 Å². The Bertz CT molecular complexity index is 575. The third-order valence-corrected chi connectivity index (χ3v) is 3.21. The first-order valence-electron chi connectivity index (χ1n) is 6.38. The van der Waals surface area contributed by atoms with Gasteiger partial charge in [-0.1, -0.05) is 0 Å². The van der Waals surface area contributed by atoms with Gasteiger partial charge in [0.25, 0.3) is 0 Å². The molecule has 1 N–H and O–H groups in total. The third kappa shape index (κ3) is 2.47. The molecule has 0 unspecified atom stereocenters. The zero-order valence-electron chi connectivity index (χ0n) is 10.5. The highest BCUT2D eigenvalue weighted by Crippen LogP contribution is 2.10. The minimum Gasteiger partial charge on any atom is -0.368 e. The van der Waals surface area contributed by atoms with Crippen LogP contribution in [-0.4, -0.2) is 55.5 Å². The second kappa shape index (κ2) is 5.17. The number of aromatic nitrogens is 5. The van der Waals surface area contributed by atoms with Crippen molar-refractivity contribution in [2.45, 2.75) is 19.3 Å². The Morgan fingerprint density at radius 1 is 1.32 bits per heavy atom. The lowest BCUT2D eigenvalue weighted by molar-refractivity contribution is -0.129. The summed E-state index contributed by atoms with van der Waals surface area (Å²) in [6.07, 6.45) is 5.93. The Kier molecular flexibility index (Phi) is 3.21. The van der Waals surface area contributed by atoms with Gasteiger partial charge in [0.2, 0.25) is 5.91 Å². The maximum atomic E-state index is 11.9. The number of anilines is 1. The van der Waals surface area contributed by atoms with E-state index in [1.54, 1.807) is 16.9 Å². The maximum Gasteiger partial charge on any atom is 0.224 e. The molecule has 0 bridgehead atoms. The number of tetrazole rings is 1. The van der Waals surface area contributed by atoms with Crippen molar-refractivity contribution in [2.24, 2.45) is 0 Å². The van der Waals surface area contributed by atoms with E-state index in [2.05, 4.69) is 25.8 Å². The van der Waals surface area contributed by atoms with Gasteiger partial charge in [0.05, 0.1) is 12.4 Å². The molecule has 100 valence electrons. The van der Waals surface area contributed by atoms with Crippen molar-refractivity contribution in [2.75, 3.05) is 25.0 Å². The number of hydrogen-bond donors (Lipinski definition) is 1. The molecule has 1 aliphatic rings. The molecule has 19 heavy (non-hydrogen) atoms. The van der Waals surface area contributed by atoms with Gasteiger partial charge in [-0.3, -0.25) is 9.78 Å². The first kappa shape index (κ1) is 11.8. The molecule has 1 aliphatic heterocycles. The molecule has 8 heteroatoms. The number of likely N-dealkylation sites (tertiary alicyclic amines) is 1. The van der Waals surface area contributed by atoms with Gasteiger partial charge in [0.15, 0.2) is 5.65 Å². The van der Waals surface area contributed by atoms with Gasteiger partial charge in [-0.15, -0.1) is 5.10 Å². The molecule has 3 heterocycles. The highest BCUT2D eigenvalue weighted by atomic mass is 16.2. The summed E-state index contributed by atoms with van der Waals surface area (Å²) in [4.78, 5) is 17.8. The van der Waals surface area contributed by atoms with Crippen LogP contribution in [0.2, 0.25) is 0 Å². The fourth-order valence-electron chi connectivity index (χ4n) is 2.22. The van der Waals surface area contributed by atoms with Crippen molar-refractivity contribution in [3.8, 4) is 0 Å². The molecule has 8 nitrogen and oxygen atoms in total. The minimum absolute atomic E-state index is 0.196. The molecule has 3 rings (SSSR count). The van der Waals surface area contributed by atoms with Crippen molar-refractivity contribution < 1.29 is 4.79 Å². The summed E-state index contributed by atoms with van der Waals surface area (Å²) in [5.74, 6) is 0.888. The quantitative estimate of drug-likeness (QED) is 0.829. The average Bonchev–Trinajstić information content (AvgIpc) is 3.10. The average molecular weight is 261 g/mol. The molecule has 0 spiro atoms. The lowest BCUT2D eigenvalue weighted by Crippen LogP contribution is -2.29. The van der Waals surface area contributed by atoms with E-state index in [0.717, 1.165) is 25.9 Å². The van der Waals surface area contributed by atoms with Crippen LogP contribution in [0.25, 0.3) is 5.65 Å². The van der Waals surface area contributed by atoms with Crippen LogP contribution in [0, 0.1) is 0 Å². The maximum absolute atomic E-state index is 11.9. The predicted octanol–water partition coefficient (Wildman–Crippen LogP) is -0.0563. The van der Waals surface area contributed by atoms with E-state index in [1.807, 2.05) is 4.90 Å². The molecule has 0 atom stereocenters. The zero-order valence-corrected chi connectivity index (χ0v) is 10.5. The summed E-state index contributed by atoms with van der Waals surface area (Å²) in [5, 5.41) is 14.4. The van der Waals surface area contributed by atoms with E-state index < -0.39 is 0 Å². The molecule has 2 aromatic rings. The number of nitrogens with one attached hydrogen (secondary N) is 1. The number of rotatable bonds is 4. The fourth-order valence-corrected chi connectivity index (χ4v) is 2.22. The van der Waals surface area contributed by atoms with E-state index in [9.17, 15) is 4.79 Å². The number of carbonyl (C=O) groups is 1. The Hall–Kier alpha value is -2.25. The van der Waals surface area contributed by atoms with Crippen LogP contribution in [0.5, 0.6) is 0 Å². The normalized spacial score (nSPS) is 15.1. The number of carbonyl (C=O) groups excluding carboxylic acids is 1. The van der Waals surface area contributed by atoms with Crippen LogP contribution in [0.4, 0.5) is 5.82 Å². The van der Waals surface area contributed by atoms with Crippen LogP contribution in [-0.2, 0) is 4.79 Å². The second-order valence-corrected chi connectivity index (χ2v) is 4.51. The van der Waals surface area contributed by atoms with Gasteiger partial charge in [-0.25, -0.2) is 0 Å². The van der Waals surface area contributed by atoms with E-state index in [-0.39, 0.29) is 5.91 Å². The topological polar surface area (TPSA) is 88.3 Å². The summed E-state index contributed by atoms with van der Waals surface area (Å²) in [6, 6.07) is 0. The van der Waals surface area contributed by atoms with Gasteiger partial charge in [-0.05, 0) is 23.3 Å². The lowest BCUT2D eigenvalue weighted by atomic mass is 10.3. The molecule has 1 fully saturated rings. The molecule has 2 aromatic heterocycles. The standard InChI is InChI=1S/C11H15N7O/c19-11(17-5-1-2-6-17)3-4-13-9-7-12-8-10-14-15-16-18(9)10/h7-8,13H,1-6H2. The van der Waals surface area contributed by atoms with Gasteiger partial charge >= 0.3 is 0 Å². The Morgan fingerprint density at radius 3 is 3.00 bits per heavy atom. The van der Waals surface area contributed by atoms with E-state index in [4.69, 9.17) is 0 Å². The zero-order chi connectivity index (χ0) is 13.1. The van der Waals surface area contributed by atoms with Crippen LogP contribution < -0.4 is 5.32 Å². The summed E-state index contributed by atoms with van der Waals surface area (Å²) in [6.45, 7) is 2.34. The fraction of sp³-hybridized carbons (Fsp3) is 0.545. The highest BCUT2D eigenvalue weighted by Gasteiger charge is 2.17. The van der Waals surface area contributed by atoms with Crippen LogP contribution >= 0.6 is 0 Å². The summed E-state index contributed by atoms with van der Waals surface area (Å²) >= 11 is 0. The molecular weight excluding hydrogens is 246 g/mol. The van der Waals surface area contributed by atoms with Crippen molar-refractivity contribution in [3.05, 3.63) is 12.4 Å². The van der Waals surface area contributed by atoms with Crippen LogP contribution in [0.15, 0.2) is 12.4 Å². The molecule has 1 amide bonds. The molecule has 0 radical (unpaired) electrons. The van der Waals surface area contributed by atoms with E-state index in [1.165, 1.54) is 0 Å². The van der Waals surface area contributed by atoms with Gasteiger partial charge < -0.3 is 10.2 Å². The first-order chi connectivity index (χ1) is 9.34. The van der Waals surface area contributed by atoms with Crippen molar-refractivity contribution in [1.82, 2.24) is 29.9 Å². The van der Waals surface area contributed by atoms with Crippen molar-refractivity contribution in [3.63, 3.8) is 0 Å². The number of fused-ring (bicyclic) bond motifs is 1. The van der Waals surface area contributed by atoms with E-state index in [0.29, 0.717) is 24.4 Å². The van der Waals surface area contributed by atoms with Crippen molar-refractivity contribution in [1.29, 1.82) is 0 Å². The Morgan fingerprint density at radius 2 is 2.16 bits per heavy atom. The molecule has 0 saturated carbocycles. The number of hydrogen-bond acceptors (Lipinski definition) is 6. The smallest absolute Gasteiger partial charge is 0.224 e. The highest BCUT2D eigenvalue weighted by molar-refractivity contribution is 5.76. The Labute approximate surface area is 109 Å². The van der Waals surface area contributed by atoms with Gasteiger partial charge in [0, 0.05) is 26.1 Å². The predicted molar refractivity (Wildman–Crippen MR) is 67.5 cm³/mol. The van der Waals surface area contributed by atoms with Gasteiger partial charge in [0.1, 0.15) is 5.82 Å². The van der Waals surface area contributed by atoms with Gasteiger partial charge in [-0.2, -0.15) is 4.52 Å². The Balaban J connectivity index is 1.57. The largest absolute Gasteiger partial charge is 0.368 e. The molecule has 1 saturated heterocycles. The molecule has 0 aliphatic carbocycles. The summed E-state index contributed by atoms with van der Waals surface area (Å²) in [7, 11) is 0. The van der Waals surface area contributed by atoms with Crippen molar-refractivity contribution >= 4 is 17.4 Å². The lowest BCUT2D eigenvalue weighted by Gasteiger charge is -2.15.